The number of hydrogen-bond acceptors (Lipinski definition) is 4. The van der Waals surface area contributed by atoms with Crippen LogP contribution in [-0.4, -0.2) is 39.3 Å². The van der Waals surface area contributed by atoms with Gasteiger partial charge in [-0.25, -0.2) is 8.93 Å². The molecule has 0 unspecified atom stereocenters. The second kappa shape index (κ2) is 4.91. The van der Waals surface area contributed by atoms with Crippen molar-refractivity contribution in [3.05, 3.63) is 0 Å². The Balaban J connectivity index is 2.83. The molecule has 6 nitrogen and oxygen atoms in total. The maximum atomic E-state index is 12.0. The molecule has 0 aromatic rings. The van der Waals surface area contributed by atoms with E-state index in [9.17, 15) is 4.21 Å². The van der Waals surface area contributed by atoms with Crippen molar-refractivity contribution in [2.45, 2.75) is 38.5 Å². The third kappa shape index (κ3) is 3.17. The fraction of sp³-hybridized carbons (Fsp3) is 0.900. The Morgan fingerprint density at radius 1 is 1.59 bits per heavy atom. The molecule has 1 rings (SSSR count). The molecule has 100 valence electrons. The Bertz CT molecular complexity index is 334. The van der Waals surface area contributed by atoms with Gasteiger partial charge in [0.25, 0.3) is 0 Å². The largest absolute Gasteiger partial charge is 0.409 e. The maximum Gasteiger partial charge on any atom is 0.158 e. The molecule has 0 spiro atoms. The fourth-order valence-corrected chi connectivity index (χ4v) is 2.46. The van der Waals surface area contributed by atoms with Crippen LogP contribution in [0.4, 0.5) is 0 Å². The molecule has 1 aliphatic heterocycles. The number of rotatable bonds is 4. The molecule has 0 aromatic heterocycles. The van der Waals surface area contributed by atoms with Gasteiger partial charge in [-0.15, -0.1) is 0 Å². The third-order valence-electron chi connectivity index (χ3n) is 2.75. The predicted molar refractivity (Wildman–Crippen MR) is 67.2 cm³/mol. The molecule has 17 heavy (non-hydrogen) atoms. The number of nitrogens with two attached hydrogens (primary N) is 1. The van der Waals surface area contributed by atoms with Gasteiger partial charge in [-0.05, 0) is 20.8 Å². The van der Waals surface area contributed by atoms with E-state index >= 15 is 0 Å². The quantitative estimate of drug-likeness (QED) is 0.292. The third-order valence-corrected chi connectivity index (χ3v) is 4.31. The maximum absolute atomic E-state index is 12.0. The summed E-state index contributed by atoms with van der Waals surface area (Å²) < 4.78 is 19.7. The Hall–Kier alpha value is -0.660. The van der Waals surface area contributed by atoms with E-state index in [0.717, 1.165) is 0 Å². The average Bonchev–Trinajstić information content (AvgIpc) is 2.19. The molecule has 2 atom stereocenters. The number of nitrogens with one attached hydrogen (secondary N) is 1. The van der Waals surface area contributed by atoms with Gasteiger partial charge < -0.3 is 15.7 Å². The Labute approximate surface area is 104 Å². The SMILES string of the molecule is CC1([C@H](N[S@](=O)C(C)(C)C)/C(N)=N\O)COC1. The zero-order valence-electron chi connectivity index (χ0n) is 10.7. The van der Waals surface area contributed by atoms with Crippen LogP contribution in [-0.2, 0) is 15.7 Å². The summed E-state index contributed by atoms with van der Waals surface area (Å²) >= 11 is 0. The van der Waals surface area contributed by atoms with Gasteiger partial charge in [0.15, 0.2) is 5.84 Å². The van der Waals surface area contributed by atoms with Crippen molar-refractivity contribution < 1.29 is 14.2 Å². The van der Waals surface area contributed by atoms with Gasteiger partial charge in [0.2, 0.25) is 0 Å². The van der Waals surface area contributed by atoms with E-state index in [1.807, 2.05) is 27.7 Å². The number of oxime groups is 1. The molecule has 1 heterocycles. The first-order valence-electron chi connectivity index (χ1n) is 5.44. The summed E-state index contributed by atoms with van der Waals surface area (Å²) in [5.41, 5.74) is 5.37. The summed E-state index contributed by atoms with van der Waals surface area (Å²) in [6.07, 6.45) is 0. The lowest BCUT2D eigenvalue weighted by molar-refractivity contribution is -0.107. The predicted octanol–water partition coefficient (Wildman–Crippen LogP) is 0.190. The Kier molecular flexibility index (Phi) is 4.16. The average molecular weight is 263 g/mol. The molecule has 0 radical (unpaired) electrons. The van der Waals surface area contributed by atoms with Crippen LogP contribution >= 0.6 is 0 Å². The Morgan fingerprint density at radius 3 is 2.41 bits per heavy atom. The van der Waals surface area contributed by atoms with Crippen LogP contribution in [0.1, 0.15) is 27.7 Å². The zero-order valence-corrected chi connectivity index (χ0v) is 11.5. The first kappa shape index (κ1) is 14.4. The van der Waals surface area contributed by atoms with Crippen molar-refractivity contribution in [2.24, 2.45) is 16.3 Å². The van der Waals surface area contributed by atoms with Gasteiger partial charge in [0.1, 0.15) is 0 Å². The molecule has 0 aliphatic carbocycles. The van der Waals surface area contributed by atoms with Crippen LogP contribution in [0.3, 0.4) is 0 Å². The summed E-state index contributed by atoms with van der Waals surface area (Å²) in [7, 11) is -1.28. The molecule has 1 saturated heterocycles. The van der Waals surface area contributed by atoms with Gasteiger partial charge in [0, 0.05) is 5.41 Å². The smallest absolute Gasteiger partial charge is 0.158 e. The lowest BCUT2D eigenvalue weighted by Gasteiger charge is -2.44. The van der Waals surface area contributed by atoms with Crippen molar-refractivity contribution in [1.82, 2.24) is 4.72 Å². The molecule has 0 amide bonds. The molecule has 0 bridgehead atoms. The van der Waals surface area contributed by atoms with Gasteiger partial charge in [-0.1, -0.05) is 12.1 Å². The van der Waals surface area contributed by atoms with E-state index in [-0.39, 0.29) is 11.3 Å². The summed E-state index contributed by atoms with van der Waals surface area (Å²) in [4.78, 5) is 0. The standard InChI is InChI=1S/C10H21N3O3S/c1-9(2,3)17(15)13-7(8(11)12-14)10(4)5-16-6-10/h7,13-14H,5-6H2,1-4H3,(H2,11,12)/t7-,17-/m1/s1. The number of amidine groups is 1. The van der Waals surface area contributed by atoms with Crippen LogP contribution < -0.4 is 10.5 Å². The van der Waals surface area contributed by atoms with Crippen molar-refractivity contribution in [1.29, 1.82) is 0 Å². The lowest BCUT2D eigenvalue weighted by atomic mass is 9.80. The second-order valence-electron chi connectivity index (χ2n) is 5.60. The molecule has 1 aliphatic rings. The van der Waals surface area contributed by atoms with Gasteiger partial charge in [0.05, 0.1) is 35.0 Å². The zero-order chi connectivity index (χ0) is 13.3. The normalized spacial score (nSPS) is 23.9. The van der Waals surface area contributed by atoms with Crippen LogP contribution in [0.15, 0.2) is 5.16 Å². The molecule has 1 fully saturated rings. The second-order valence-corrected chi connectivity index (χ2v) is 7.60. The van der Waals surface area contributed by atoms with Crippen molar-refractivity contribution >= 4 is 16.8 Å². The van der Waals surface area contributed by atoms with Crippen LogP contribution in [0.25, 0.3) is 0 Å². The van der Waals surface area contributed by atoms with E-state index in [4.69, 9.17) is 15.7 Å². The summed E-state index contributed by atoms with van der Waals surface area (Å²) in [6, 6.07) is -0.457. The summed E-state index contributed by atoms with van der Waals surface area (Å²) in [5.74, 6) is 0.0356. The lowest BCUT2D eigenvalue weighted by Crippen LogP contribution is -2.62. The van der Waals surface area contributed by atoms with Gasteiger partial charge >= 0.3 is 0 Å². The molecule has 7 heteroatoms. The monoisotopic (exact) mass is 263 g/mol. The van der Waals surface area contributed by atoms with Crippen molar-refractivity contribution in [2.75, 3.05) is 13.2 Å². The highest BCUT2D eigenvalue weighted by Crippen LogP contribution is 2.31. The summed E-state index contributed by atoms with van der Waals surface area (Å²) in [5, 5.41) is 11.8. The van der Waals surface area contributed by atoms with Crippen molar-refractivity contribution in [3.63, 3.8) is 0 Å². The van der Waals surface area contributed by atoms with Crippen LogP contribution in [0, 0.1) is 5.41 Å². The number of ether oxygens (including phenoxy) is 1. The van der Waals surface area contributed by atoms with Gasteiger partial charge in [-0.3, -0.25) is 0 Å². The molecule has 0 saturated carbocycles. The Morgan fingerprint density at radius 2 is 2.12 bits per heavy atom. The van der Waals surface area contributed by atoms with E-state index in [0.29, 0.717) is 13.2 Å². The molecular formula is C10H21N3O3S. The van der Waals surface area contributed by atoms with Gasteiger partial charge in [-0.2, -0.15) is 0 Å². The minimum absolute atomic E-state index is 0.0356. The minimum atomic E-state index is -1.28. The first-order valence-corrected chi connectivity index (χ1v) is 6.59. The summed E-state index contributed by atoms with van der Waals surface area (Å²) in [6.45, 7) is 8.54. The van der Waals surface area contributed by atoms with E-state index < -0.39 is 21.8 Å². The fourth-order valence-electron chi connectivity index (χ4n) is 1.49. The van der Waals surface area contributed by atoms with Crippen LogP contribution in [0.5, 0.6) is 0 Å². The number of hydrogen-bond donors (Lipinski definition) is 3. The molecule has 0 aromatic carbocycles. The highest BCUT2D eigenvalue weighted by Gasteiger charge is 2.45. The molecular weight excluding hydrogens is 242 g/mol. The minimum Gasteiger partial charge on any atom is -0.409 e. The van der Waals surface area contributed by atoms with Crippen LogP contribution in [0.2, 0.25) is 0 Å². The molecule has 4 N–H and O–H groups in total. The van der Waals surface area contributed by atoms with E-state index in [1.165, 1.54) is 0 Å². The van der Waals surface area contributed by atoms with E-state index in [1.54, 1.807) is 0 Å². The van der Waals surface area contributed by atoms with Crippen molar-refractivity contribution in [3.8, 4) is 0 Å². The first-order chi connectivity index (χ1) is 7.70. The van der Waals surface area contributed by atoms with E-state index in [2.05, 4.69) is 9.88 Å². The topological polar surface area (TPSA) is 96.9 Å². The highest BCUT2D eigenvalue weighted by atomic mass is 32.2. The highest BCUT2D eigenvalue weighted by molar-refractivity contribution is 7.84. The number of nitrogens with zero attached hydrogens (tertiary/aromatic N) is 1.